The minimum Gasteiger partial charge on any atom is -0.497 e. The van der Waals surface area contributed by atoms with Crippen LogP contribution in [0.5, 0.6) is 11.5 Å². The molecule has 0 aromatic heterocycles. The van der Waals surface area contributed by atoms with Crippen LogP contribution in [0.15, 0.2) is 53.4 Å². The van der Waals surface area contributed by atoms with E-state index in [1.54, 1.807) is 24.3 Å². The fourth-order valence-electron chi connectivity index (χ4n) is 3.64. The highest BCUT2D eigenvalue weighted by Gasteiger charge is 2.24. The summed E-state index contributed by atoms with van der Waals surface area (Å²) in [4.78, 5) is 24.8. The van der Waals surface area contributed by atoms with E-state index in [9.17, 15) is 18.0 Å². The quantitative estimate of drug-likeness (QED) is 0.302. The highest BCUT2D eigenvalue weighted by molar-refractivity contribution is 7.89. The van der Waals surface area contributed by atoms with Crippen molar-refractivity contribution < 1.29 is 32.2 Å². The van der Waals surface area contributed by atoms with Gasteiger partial charge in [-0.2, -0.15) is 4.31 Å². The van der Waals surface area contributed by atoms with Gasteiger partial charge in [0, 0.05) is 19.2 Å². The Bertz CT molecular complexity index is 1130. The summed E-state index contributed by atoms with van der Waals surface area (Å²) in [5.74, 6) is -0.290. The molecule has 9 heteroatoms. The summed E-state index contributed by atoms with van der Waals surface area (Å²) in [7, 11) is -0.602. The molecule has 0 saturated carbocycles. The highest BCUT2D eigenvalue weighted by Crippen LogP contribution is 2.24. The number of Topliss-reactive ketones (excluding diaryl/α,β-unsaturated/α-hetero) is 1. The van der Waals surface area contributed by atoms with Crippen LogP contribution < -0.4 is 9.47 Å². The second-order valence-corrected chi connectivity index (χ2v) is 9.76. The van der Waals surface area contributed by atoms with Crippen LogP contribution in [0.25, 0.3) is 6.08 Å². The molecule has 2 aromatic carbocycles. The van der Waals surface area contributed by atoms with Crippen molar-refractivity contribution in [1.29, 1.82) is 0 Å². The van der Waals surface area contributed by atoms with Crippen molar-refractivity contribution in [2.45, 2.75) is 30.6 Å². The molecule has 0 N–H and O–H groups in total. The number of carbonyl (C=O) groups is 2. The third kappa shape index (κ3) is 6.45. The second kappa shape index (κ2) is 11.8. The predicted molar refractivity (Wildman–Crippen MR) is 128 cm³/mol. The molecule has 0 bridgehead atoms. The number of benzene rings is 2. The predicted octanol–water partition coefficient (Wildman–Crippen LogP) is 3.71. The highest BCUT2D eigenvalue weighted by atomic mass is 32.2. The Labute approximate surface area is 200 Å². The summed E-state index contributed by atoms with van der Waals surface area (Å²) in [6.07, 6.45) is 6.52. The molecular weight excluding hydrogens is 458 g/mol. The number of nitrogens with zero attached hydrogens (tertiary/aromatic N) is 1. The second-order valence-electron chi connectivity index (χ2n) is 7.82. The minimum absolute atomic E-state index is 0.229. The van der Waals surface area contributed by atoms with Crippen molar-refractivity contribution in [2.24, 2.45) is 0 Å². The van der Waals surface area contributed by atoms with E-state index in [4.69, 9.17) is 14.2 Å². The lowest BCUT2D eigenvalue weighted by atomic mass is 10.1. The van der Waals surface area contributed by atoms with Crippen LogP contribution in [0, 0.1) is 0 Å². The average molecular weight is 488 g/mol. The Hall–Kier alpha value is -3.17. The Morgan fingerprint density at radius 2 is 1.62 bits per heavy atom. The molecule has 34 heavy (non-hydrogen) atoms. The normalized spacial score (nSPS) is 15.0. The van der Waals surface area contributed by atoms with Gasteiger partial charge in [0.05, 0.1) is 24.7 Å². The van der Waals surface area contributed by atoms with Gasteiger partial charge in [-0.3, -0.25) is 4.79 Å². The van der Waals surface area contributed by atoms with Crippen molar-refractivity contribution in [2.75, 3.05) is 33.9 Å². The molecule has 1 aliphatic heterocycles. The van der Waals surface area contributed by atoms with Crippen molar-refractivity contribution in [3.05, 3.63) is 59.7 Å². The Kier molecular flexibility index (Phi) is 8.84. The summed E-state index contributed by atoms with van der Waals surface area (Å²) >= 11 is 0. The number of sulfonamides is 1. The molecule has 2 aromatic rings. The molecule has 0 aliphatic carbocycles. The first kappa shape index (κ1) is 25.5. The number of hydrogen-bond acceptors (Lipinski definition) is 7. The van der Waals surface area contributed by atoms with Gasteiger partial charge in [-0.15, -0.1) is 0 Å². The molecule has 0 spiro atoms. The molecule has 0 atom stereocenters. The van der Waals surface area contributed by atoms with Gasteiger partial charge in [-0.25, -0.2) is 13.2 Å². The Morgan fingerprint density at radius 3 is 2.24 bits per heavy atom. The van der Waals surface area contributed by atoms with Crippen molar-refractivity contribution in [1.82, 2.24) is 4.31 Å². The molecule has 3 rings (SSSR count). The van der Waals surface area contributed by atoms with E-state index in [0.29, 0.717) is 30.2 Å². The summed E-state index contributed by atoms with van der Waals surface area (Å²) in [6.45, 7) is 0.617. The van der Waals surface area contributed by atoms with Crippen molar-refractivity contribution in [3.63, 3.8) is 0 Å². The number of hydrogen-bond donors (Lipinski definition) is 0. The fourth-order valence-corrected chi connectivity index (χ4v) is 5.16. The van der Waals surface area contributed by atoms with Gasteiger partial charge >= 0.3 is 5.97 Å². The fraction of sp³-hybridized carbons (Fsp3) is 0.360. The third-order valence-corrected chi connectivity index (χ3v) is 7.46. The maximum absolute atomic E-state index is 12.9. The molecule has 1 heterocycles. The topological polar surface area (TPSA) is 99.2 Å². The maximum Gasteiger partial charge on any atom is 0.331 e. The largest absolute Gasteiger partial charge is 0.497 e. The van der Waals surface area contributed by atoms with Crippen LogP contribution in [0.2, 0.25) is 0 Å². The van der Waals surface area contributed by atoms with Crippen LogP contribution in [0.1, 0.15) is 41.6 Å². The summed E-state index contributed by atoms with van der Waals surface area (Å²) in [6, 6.07) is 11.1. The zero-order valence-electron chi connectivity index (χ0n) is 19.4. The summed E-state index contributed by atoms with van der Waals surface area (Å²) in [5.41, 5.74) is 0.882. The third-order valence-electron chi connectivity index (χ3n) is 5.55. The number of rotatable bonds is 9. The standard InChI is InChI=1S/C25H29NO7S/c1-31-20-10-13-24(32-2)22(17-20)23(27)18-33-25(28)14-9-19-7-11-21(12-8-19)34(29,30)26-15-5-3-4-6-16-26/h7-14,17H,3-6,15-16,18H2,1-2H3/b14-9+. The minimum atomic E-state index is -3.53. The van der Waals surface area contributed by atoms with E-state index in [1.165, 1.54) is 48.9 Å². The van der Waals surface area contributed by atoms with E-state index in [1.807, 2.05) is 0 Å². The Balaban J connectivity index is 1.58. The number of esters is 1. The van der Waals surface area contributed by atoms with E-state index in [2.05, 4.69) is 0 Å². The smallest absolute Gasteiger partial charge is 0.331 e. The molecule has 1 saturated heterocycles. The van der Waals surface area contributed by atoms with Crippen molar-refractivity contribution >= 4 is 27.9 Å². The first-order valence-corrected chi connectivity index (χ1v) is 12.5. The molecular formula is C25H29NO7S. The number of carbonyl (C=O) groups excluding carboxylic acids is 2. The first-order valence-electron chi connectivity index (χ1n) is 11.1. The van der Waals surface area contributed by atoms with E-state index < -0.39 is 28.4 Å². The van der Waals surface area contributed by atoms with Gasteiger partial charge in [0.25, 0.3) is 0 Å². The monoisotopic (exact) mass is 487 g/mol. The zero-order valence-corrected chi connectivity index (χ0v) is 20.2. The maximum atomic E-state index is 12.9. The van der Waals surface area contributed by atoms with Gasteiger partial charge in [0.2, 0.25) is 15.8 Å². The molecule has 182 valence electrons. The van der Waals surface area contributed by atoms with Gasteiger partial charge < -0.3 is 14.2 Å². The zero-order chi connectivity index (χ0) is 24.6. The first-order chi connectivity index (χ1) is 16.3. The van der Waals surface area contributed by atoms with Crippen LogP contribution >= 0.6 is 0 Å². The van der Waals surface area contributed by atoms with Crippen LogP contribution in [0.3, 0.4) is 0 Å². The van der Waals surface area contributed by atoms with E-state index >= 15 is 0 Å². The van der Waals surface area contributed by atoms with Crippen LogP contribution in [-0.2, 0) is 19.6 Å². The molecule has 0 unspecified atom stereocenters. The molecule has 1 aliphatic rings. The number of ether oxygens (including phenoxy) is 3. The van der Waals surface area contributed by atoms with Gasteiger partial charge in [0.1, 0.15) is 11.5 Å². The average Bonchev–Trinajstić information content (AvgIpc) is 3.16. The molecule has 1 fully saturated rings. The SMILES string of the molecule is COc1ccc(OC)c(C(=O)COC(=O)/C=C/c2ccc(S(=O)(=O)N3CCCCCC3)cc2)c1. The lowest BCUT2D eigenvalue weighted by Gasteiger charge is -2.19. The Morgan fingerprint density at radius 1 is 0.941 bits per heavy atom. The number of methoxy groups -OCH3 is 2. The lowest BCUT2D eigenvalue weighted by molar-refractivity contribution is -0.136. The van der Waals surface area contributed by atoms with E-state index in [-0.39, 0.29) is 10.5 Å². The van der Waals surface area contributed by atoms with Gasteiger partial charge in [-0.1, -0.05) is 25.0 Å². The van der Waals surface area contributed by atoms with Gasteiger partial charge in [0.15, 0.2) is 6.61 Å². The summed E-state index contributed by atoms with van der Waals surface area (Å²) in [5, 5.41) is 0. The molecule has 8 nitrogen and oxygen atoms in total. The van der Waals surface area contributed by atoms with E-state index in [0.717, 1.165) is 25.7 Å². The van der Waals surface area contributed by atoms with Gasteiger partial charge in [-0.05, 0) is 54.8 Å². The summed E-state index contributed by atoms with van der Waals surface area (Å²) < 4.78 is 42.6. The molecule has 0 amide bonds. The number of ketones is 1. The molecule has 0 radical (unpaired) electrons. The van der Waals surface area contributed by atoms with Crippen LogP contribution in [0.4, 0.5) is 0 Å². The van der Waals surface area contributed by atoms with Crippen molar-refractivity contribution in [3.8, 4) is 11.5 Å². The van der Waals surface area contributed by atoms with Crippen LogP contribution in [-0.4, -0.2) is 58.4 Å². The lowest BCUT2D eigenvalue weighted by Crippen LogP contribution is -2.31.